The Morgan fingerprint density at radius 2 is 2.17 bits per heavy atom. The van der Waals surface area contributed by atoms with Crippen LogP contribution in [0.3, 0.4) is 0 Å². The number of nitrogens with one attached hydrogen (secondary N) is 1. The highest BCUT2D eigenvalue weighted by Crippen LogP contribution is 2.17. The molecule has 3 nitrogen and oxygen atoms in total. The van der Waals surface area contributed by atoms with Gasteiger partial charge in [-0.15, -0.1) is 0 Å². The number of nitrogens with zero attached hydrogens (tertiary/aromatic N) is 1. The Morgan fingerprint density at radius 1 is 1.44 bits per heavy atom. The zero-order chi connectivity index (χ0) is 13.5. The molecule has 0 fully saturated rings. The van der Waals surface area contributed by atoms with Crippen LogP contribution >= 0.6 is 15.9 Å². The molecule has 0 heterocycles. The molecule has 1 aromatic rings. The van der Waals surface area contributed by atoms with Crippen molar-refractivity contribution in [3.05, 3.63) is 34.3 Å². The highest BCUT2D eigenvalue weighted by molar-refractivity contribution is 9.10. The van der Waals surface area contributed by atoms with Gasteiger partial charge in [0.1, 0.15) is 0 Å². The van der Waals surface area contributed by atoms with E-state index in [-0.39, 0.29) is 5.91 Å². The summed E-state index contributed by atoms with van der Waals surface area (Å²) in [6, 6.07) is 8.58. The van der Waals surface area contributed by atoms with Crippen molar-refractivity contribution < 1.29 is 4.79 Å². The van der Waals surface area contributed by atoms with Crippen LogP contribution in [0, 0.1) is 0 Å². The molecule has 0 bridgehead atoms. The van der Waals surface area contributed by atoms with E-state index in [2.05, 4.69) is 40.3 Å². The minimum atomic E-state index is 0.187. The summed E-state index contributed by atoms with van der Waals surface area (Å²) in [6.45, 7) is 2.99. The molecule has 18 heavy (non-hydrogen) atoms. The summed E-state index contributed by atoms with van der Waals surface area (Å²) in [7, 11) is 3.58. The summed E-state index contributed by atoms with van der Waals surface area (Å²) in [6.07, 6.45) is 1.47. The molecular formula is C14H21BrN2O. The van der Waals surface area contributed by atoms with Crippen LogP contribution in [0.1, 0.15) is 31.4 Å². The molecule has 0 aliphatic heterocycles. The van der Waals surface area contributed by atoms with Gasteiger partial charge in [0, 0.05) is 31.0 Å². The van der Waals surface area contributed by atoms with Crippen molar-refractivity contribution in [2.24, 2.45) is 0 Å². The standard InChI is InChI=1S/C14H21BrN2O/c1-11(12-6-4-7-13(15)10-12)16-9-5-8-14(18)17(2)3/h4,6-7,10-11,16H,5,8-9H2,1-3H3/t11-/m0/s1. The Bertz CT molecular complexity index is 393. The number of rotatable bonds is 6. The molecule has 0 unspecified atom stereocenters. The Hall–Kier alpha value is -0.870. The molecule has 1 N–H and O–H groups in total. The second-order valence-electron chi connectivity index (χ2n) is 4.62. The van der Waals surface area contributed by atoms with Crippen molar-refractivity contribution in [1.29, 1.82) is 0 Å². The van der Waals surface area contributed by atoms with Gasteiger partial charge in [-0.25, -0.2) is 0 Å². The third-order valence-corrected chi connectivity index (χ3v) is 3.36. The average molecular weight is 313 g/mol. The Labute approximate surface area is 118 Å². The smallest absolute Gasteiger partial charge is 0.222 e. The van der Waals surface area contributed by atoms with Crippen molar-refractivity contribution in [2.75, 3.05) is 20.6 Å². The van der Waals surface area contributed by atoms with Gasteiger partial charge in [0.25, 0.3) is 0 Å². The Balaban J connectivity index is 2.29. The molecule has 0 aliphatic carbocycles. The van der Waals surface area contributed by atoms with Gasteiger partial charge in [0.2, 0.25) is 5.91 Å². The van der Waals surface area contributed by atoms with Crippen LogP contribution in [-0.2, 0) is 4.79 Å². The van der Waals surface area contributed by atoms with Crippen molar-refractivity contribution in [3.63, 3.8) is 0 Å². The highest BCUT2D eigenvalue weighted by atomic mass is 79.9. The van der Waals surface area contributed by atoms with E-state index in [1.807, 2.05) is 12.1 Å². The van der Waals surface area contributed by atoms with E-state index in [0.717, 1.165) is 17.4 Å². The fourth-order valence-corrected chi connectivity index (χ4v) is 2.09. The van der Waals surface area contributed by atoms with Gasteiger partial charge >= 0.3 is 0 Å². The molecular weight excluding hydrogens is 292 g/mol. The monoisotopic (exact) mass is 312 g/mol. The molecule has 0 aliphatic rings. The number of hydrogen-bond donors (Lipinski definition) is 1. The third-order valence-electron chi connectivity index (χ3n) is 2.87. The SMILES string of the molecule is C[C@H](NCCCC(=O)N(C)C)c1cccc(Br)c1. The van der Waals surface area contributed by atoms with Gasteiger partial charge in [-0.05, 0) is 37.6 Å². The minimum absolute atomic E-state index is 0.187. The van der Waals surface area contributed by atoms with Crippen LogP contribution in [0.15, 0.2) is 28.7 Å². The van der Waals surface area contributed by atoms with Gasteiger partial charge in [-0.3, -0.25) is 4.79 Å². The summed E-state index contributed by atoms with van der Waals surface area (Å²) < 4.78 is 1.09. The van der Waals surface area contributed by atoms with Gasteiger partial charge in [0.05, 0.1) is 0 Å². The maximum atomic E-state index is 11.4. The maximum absolute atomic E-state index is 11.4. The molecule has 1 aromatic carbocycles. The second-order valence-corrected chi connectivity index (χ2v) is 5.54. The molecule has 0 saturated carbocycles. The quantitative estimate of drug-likeness (QED) is 0.819. The van der Waals surface area contributed by atoms with Gasteiger partial charge in [-0.2, -0.15) is 0 Å². The Kier molecular flexibility index (Phi) is 6.36. The summed E-state index contributed by atoms with van der Waals surface area (Å²) >= 11 is 3.47. The lowest BCUT2D eigenvalue weighted by Gasteiger charge is -2.15. The number of carbonyl (C=O) groups excluding carboxylic acids is 1. The minimum Gasteiger partial charge on any atom is -0.349 e. The summed E-state index contributed by atoms with van der Waals surface area (Å²) in [5, 5.41) is 3.43. The van der Waals surface area contributed by atoms with Crippen LogP contribution in [-0.4, -0.2) is 31.4 Å². The van der Waals surface area contributed by atoms with E-state index in [0.29, 0.717) is 12.5 Å². The van der Waals surface area contributed by atoms with Gasteiger partial charge in [0.15, 0.2) is 0 Å². The number of halogens is 1. The van der Waals surface area contributed by atoms with Crippen molar-refractivity contribution in [1.82, 2.24) is 10.2 Å². The van der Waals surface area contributed by atoms with E-state index in [9.17, 15) is 4.79 Å². The number of carbonyl (C=O) groups is 1. The first-order valence-corrected chi connectivity index (χ1v) is 6.99. The largest absolute Gasteiger partial charge is 0.349 e. The van der Waals surface area contributed by atoms with Crippen molar-refractivity contribution in [3.8, 4) is 0 Å². The molecule has 100 valence electrons. The van der Waals surface area contributed by atoms with Crippen LogP contribution in [0.4, 0.5) is 0 Å². The average Bonchev–Trinajstić information content (AvgIpc) is 2.33. The van der Waals surface area contributed by atoms with E-state index in [1.165, 1.54) is 5.56 Å². The van der Waals surface area contributed by atoms with Crippen molar-refractivity contribution in [2.45, 2.75) is 25.8 Å². The molecule has 4 heteroatoms. The highest BCUT2D eigenvalue weighted by Gasteiger charge is 2.06. The summed E-state index contributed by atoms with van der Waals surface area (Å²) in [5.41, 5.74) is 1.25. The topological polar surface area (TPSA) is 32.3 Å². The molecule has 0 radical (unpaired) electrons. The first kappa shape index (κ1) is 15.2. The molecule has 1 atom stereocenters. The van der Waals surface area contributed by atoms with E-state index in [4.69, 9.17) is 0 Å². The lowest BCUT2D eigenvalue weighted by atomic mass is 10.1. The van der Waals surface area contributed by atoms with Crippen LogP contribution < -0.4 is 5.32 Å². The first-order valence-electron chi connectivity index (χ1n) is 6.19. The van der Waals surface area contributed by atoms with Crippen molar-refractivity contribution >= 4 is 21.8 Å². The normalized spacial score (nSPS) is 12.2. The molecule has 0 saturated heterocycles. The van der Waals surface area contributed by atoms with Crippen LogP contribution in [0.2, 0.25) is 0 Å². The van der Waals surface area contributed by atoms with Gasteiger partial charge in [-0.1, -0.05) is 28.1 Å². The number of hydrogen-bond acceptors (Lipinski definition) is 2. The molecule has 0 spiro atoms. The van der Waals surface area contributed by atoms with Gasteiger partial charge < -0.3 is 10.2 Å². The fraction of sp³-hybridized carbons (Fsp3) is 0.500. The predicted molar refractivity (Wildman–Crippen MR) is 78.5 cm³/mol. The fourth-order valence-electron chi connectivity index (χ4n) is 1.68. The Morgan fingerprint density at radius 3 is 2.78 bits per heavy atom. The van der Waals surface area contributed by atoms with Crippen LogP contribution in [0.5, 0.6) is 0 Å². The van der Waals surface area contributed by atoms with E-state index < -0.39 is 0 Å². The van der Waals surface area contributed by atoms with E-state index in [1.54, 1.807) is 19.0 Å². The first-order chi connectivity index (χ1) is 8.50. The lowest BCUT2D eigenvalue weighted by molar-refractivity contribution is -0.128. The lowest BCUT2D eigenvalue weighted by Crippen LogP contribution is -2.24. The second kappa shape index (κ2) is 7.54. The zero-order valence-electron chi connectivity index (χ0n) is 11.2. The zero-order valence-corrected chi connectivity index (χ0v) is 12.8. The molecule has 1 amide bonds. The summed E-state index contributed by atoms with van der Waals surface area (Å²) in [5.74, 6) is 0.187. The predicted octanol–water partition coefficient (Wildman–Crippen LogP) is 2.97. The number of amides is 1. The number of benzene rings is 1. The third kappa shape index (κ3) is 5.19. The molecule has 1 rings (SSSR count). The molecule has 0 aromatic heterocycles. The summed E-state index contributed by atoms with van der Waals surface area (Å²) in [4.78, 5) is 13.0. The van der Waals surface area contributed by atoms with E-state index >= 15 is 0 Å². The van der Waals surface area contributed by atoms with Crippen LogP contribution in [0.25, 0.3) is 0 Å². The maximum Gasteiger partial charge on any atom is 0.222 e.